The molecule has 0 aromatic heterocycles. The molecule has 2 rings (SSSR count). The quantitative estimate of drug-likeness (QED) is 0.148. The highest BCUT2D eigenvalue weighted by atomic mass is 31.1. The molecule has 0 radical (unpaired) electrons. The van der Waals surface area contributed by atoms with Crippen LogP contribution in [0.1, 0.15) is 73.0 Å². The van der Waals surface area contributed by atoms with Crippen LogP contribution in [0.4, 0.5) is 0 Å². The van der Waals surface area contributed by atoms with Gasteiger partial charge in [0.25, 0.3) is 5.91 Å². The van der Waals surface area contributed by atoms with Gasteiger partial charge in [0.15, 0.2) is 0 Å². The molecule has 0 heterocycles. The SMILES string of the molecule is CCCOc1ccc(P(CC)Cc2ccc(C(=O)NCCCCCC(=O)NO)c(C)c2)cc1C. The number of hydrogen-bond donors (Lipinski definition) is 3. The molecule has 186 valence electrons. The number of carbonyl (C=O) groups is 2. The molecule has 2 aromatic carbocycles. The molecule has 7 heteroatoms. The molecule has 0 aliphatic carbocycles. The minimum absolute atomic E-state index is 0.0619. The van der Waals surface area contributed by atoms with E-state index in [1.54, 1.807) is 5.48 Å². The summed E-state index contributed by atoms with van der Waals surface area (Å²) in [5.74, 6) is 0.534. The second-order valence-electron chi connectivity index (χ2n) is 8.56. The van der Waals surface area contributed by atoms with Crippen LogP contribution in [-0.2, 0) is 11.0 Å². The molecule has 0 aliphatic rings. The zero-order chi connectivity index (χ0) is 24.9. The summed E-state index contributed by atoms with van der Waals surface area (Å²) in [6, 6.07) is 12.7. The number of nitrogens with one attached hydrogen (secondary N) is 2. The standard InChI is InChI=1S/C27H39N2O4P/c1-5-16-33-25-14-12-23(18-21(25)4)34(6-2)19-22-11-13-24(20(3)17-22)27(31)28-15-9-7-8-10-26(30)29-32/h11-14,17-18,32H,5-10,15-16,19H2,1-4H3,(H,28,31)(H,29,30). The third-order valence-electron chi connectivity index (χ3n) is 5.77. The average molecular weight is 487 g/mol. The summed E-state index contributed by atoms with van der Waals surface area (Å²) in [5, 5.41) is 12.8. The molecule has 0 saturated carbocycles. The van der Waals surface area contributed by atoms with Gasteiger partial charge in [-0.1, -0.05) is 46.4 Å². The molecule has 0 aliphatic heterocycles. The van der Waals surface area contributed by atoms with Crippen molar-refractivity contribution in [3.63, 3.8) is 0 Å². The van der Waals surface area contributed by atoms with Gasteiger partial charge in [-0.15, -0.1) is 0 Å². The zero-order valence-electron chi connectivity index (χ0n) is 20.9. The molecule has 2 amide bonds. The fourth-order valence-corrected chi connectivity index (χ4v) is 5.90. The molecule has 1 atom stereocenters. The molecule has 3 N–H and O–H groups in total. The van der Waals surface area contributed by atoms with Gasteiger partial charge < -0.3 is 10.1 Å². The van der Waals surface area contributed by atoms with Crippen LogP contribution in [0, 0.1) is 13.8 Å². The molecule has 0 saturated heterocycles. The summed E-state index contributed by atoms with van der Waals surface area (Å²) in [6.45, 7) is 9.77. The Morgan fingerprint density at radius 1 is 1.00 bits per heavy atom. The van der Waals surface area contributed by atoms with Gasteiger partial charge in [-0.05, 0) is 85.6 Å². The largest absolute Gasteiger partial charge is 0.493 e. The van der Waals surface area contributed by atoms with E-state index in [0.717, 1.165) is 49.5 Å². The fraction of sp³-hybridized carbons (Fsp3) is 0.481. The van der Waals surface area contributed by atoms with Gasteiger partial charge in [-0.3, -0.25) is 14.8 Å². The molecular weight excluding hydrogens is 447 g/mol. The summed E-state index contributed by atoms with van der Waals surface area (Å²) in [6.07, 6.45) is 5.69. The summed E-state index contributed by atoms with van der Waals surface area (Å²) < 4.78 is 5.83. The second kappa shape index (κ2) is 14.7. The fourth-order valence-electron chi connectivity index (χ4n) is 3.83. The molecule has 0 spiro atoms. The van der Waals surface area contributed by atoms with Crippen LogP contribution < -0.4 is 20.8 Å². The maximum Gasteiger partial charge on any atom is 0.251 e. The van der Waals surface area contributed by atoms with Crippen molar-refractivity contribution < 1.29 is 19.5 Å². The van der Waals surface area contributed by atoms with Crippen LogP contribution >= 0.6 is 7.92 Å². The Morgan fingerprint density at radius 2 is 1.79 bits per heavy atom. The lowest BCUT2D eigenvalue weighted by Gasteiger charge is -2.19. The van der Waals surface area contributed by atoms with E-state index in [4.69, 9.17) is 9.94 Å². The first-order valence-electron chi connectivity index (χ1n) is 12.2. The second-order valence-corrected chi connectivity index (χ2v) is 11.1. The van der Waals surface area contributed by atoms with E-state index >= 15 is 0 Å². The third kappa shape index (κ3) is 8.73. The third-order valence-corrected chi connectivity index (χ3v) is 8.29. The Bertz CT molecular complexity index is 948. The Morgan fingerprint density at radius 3 is 2.44 bits per heavy atom. The summed E-state index contributed by atoms with van der Waals surface area (Å²) >= 11 is 0. The van der Waals surface area contributed by atoms with Crippen LogP contribution in [0.2, 0.25) is 0 Å². The molecule has 2 aromatic rings. The van der Waals surface area contributed by atoms with Gasteiger partial charge in [0.1, 0.15) is 5.75 Å². The Labute approximate surface area is 205 Å². The molecule has 1 unspecified atom stereocenters. The lowest BCUT2D eigenvalue weighted by molar-refractivity contribution is -0.129. The maximum atomic E-state index is 12.6. The van der Waals surface area contributed by atoms with Crippen LogP contribution in [-0.4, -0.2) is 36.3 Å². The Kier molecular flexibility index (Phi) is 12.1. The molecule has 0 bridgehead atoms. The van der Waals surface area contributed by atoms with Gasteiger partial charge in [-0.2, -0.15) is 0 Å². The predicted octanol–water partition coefficient (Wildman–Crippen LogP) is 5.22. The van der Waals surface area contributed by atoms with E-state index in [2.05, 4.69) is 56.4 Å². The molecular formula is C27H39N2O4P. The first-order chi connectivity index (χ1) is 16.4. The first kappa shape index (κ1) is 27.8. The summed E-state index contributed by atoms with van der Waals surface area (Å²) in [5.41, 5.74) is 5.77. The van der Waals surface area contributed by atoms with Gasteiger partial charge in [0.05, 0.1) is 6.61 Å². The van der Waals surface area contributed by atoms with Crippen molar-refractivity contribution in [1.29, 1.82) is 0 Å². The average Bonchev–Trinajstić information content (AvgIpc) is 2.83. The van der Waals surface area contributed by atoms with E-state index in [9.17, 15) is 9.59 Å². The topological polar surface area (TPSA) is 87.7 Å². The van der Waals surface area contributed by atoms with Gasteiger partial charge >= 0.3 is 0 Å². The van der Waals surface area contributed by atoms with E-state index in [1.807, 2.05) is 13.0 Å². The normalized spacial score (nSPS) is 11.7. The van der Waals surface area contributed by atoms with Crippen LogP contribution in [0.5, 0.6) is 5.75 Å². The highest BCUT2D eigenvalue weighted by Crippen LogP contribution is 2.39. The monoisotopic (exact) mass is 486 g/mol. The van der Waals surface area contributed by atoms with E-state index in [0.29, 0.717) is 24.9 Å². The number of ether oxygens (including phenoxy) is 1. The lowest BCUT2D eigenvalue weighted by atomic mass is 10.1. The number of unbranched alkanes of at least 4 members (excludes halogenated alkanes) is 2. The van der Waals surface area contributed by atoms with Crippen molar-refractivity contribution in [2.45, 2.75) is 66.0 Å². The van der Waals surface area contributed by atoms with Crippen molar-refractivity contribution >= 4 is 25.0 Å². The highest BCUT2D eigenvalue weighted by molar-refractivity contribution is 7.64. The molecule has 0 fully saturated rings. The number of hydrogen-bond acceptors (Lipinski definition) is 4. The molecule has 34 heavy (non-hydrogen) atoms. The van der Waals surface area contributed by atoms with Crippen molar-refractivity contribution in [2.75, 3.05) is 19.3 Å². The minimum Gasteiger partial charge on any atom is -0.493 e. The van der Waals surface area contributed by atoms with Crippen LogP contribution in [0.25, 0.3) is 0 Å². The number of carbonyl (C=O) groups excluding carboxylic acids is 2. The van der Waals surface area contributed by atoms with Crippen molar-refractivity contribution in [3.05, 3.63) is 58.7 Å². The summed E-state index contributed by atoms with van der Waals surface area (Å²) in [4.78, 5) is 23.6. The number of amides is 2. The Hall–Kier alpha value is -2.43. The van der Waals surface area contributed by atoms with Crippen molar-refractivity contribution in [3.8, 4) is 5.75 Å². The molecule has 6 nitrogen and oxygen atoms in total. The highest BCUT2D eigenvalue weighted by Gasteiger charge is 2.14. The Balaban J connectivity index is 1.92. The predicted molar refractivity (Wildman–Crippen MR) is 140 cm³/mol. The maximum absolute atomic E-state index is 12.6. The number of aryl methyl sites for hydroxylation is 2. The van der Waals surface area contributed by atoms with Crippen molar-refractivity contribution in [1.82, 2.24) is 10.8 Å². The van der Waals surface area contributed by atoms with Crippen LogP contribution in [0.15, 0.2) is 36.4 Å². The van der Waals surface area contributed by atoms with Gasteiger partial charge in [0.2, 0.25) is 5.91 Å². The van der Waals surface area contributed by atoms with E-state index in [1.165, 1.54) is 16.4 Å². The number of benzene rings is 2. The summed E-state index contributed by atoms with van der Waals surface area (Å²) in [7, 11) is -0.330. The van der Waals surface area contributed by atoms with E-state index in [-0.39, 0.29) is 19.7 Å². The van der Waals surface area contributed by atoms with Crippen LogP contribution in [0.3, 0.4) is 0 Å². The van der Waals surface area contributed by atoms with Gasteiger partial charge in [0, 0.05) is 18.5 Å². The first-order valence-corrected chi connectivity index (χ1v) is 13.9. The van der Waals surface area contributed by atoms with Gasteiger partial charge in [-0.25, -0.2) is 5.48 Å². The smallest absolute Gasteiger partial charge is 0.251 e. The minimum atomic E-state index is -0.375. The number of hydroxylamine groups is 1. The van der Waals surface area contributed by atoms with E-state index < -0.39 is 0 Å². The lowest BCUT2D eigenvalue weighted by Crippen LogP contribution is -2.25. The van der Waals surface area contributed by atoms with Crippen molar-refractivity contribution in [2.24, 2.45) is 0 Å². The number of rotatable bonds is 14. The zero-order valence-corrected chi connectivity index (χ0v) is 21.8.